The van der Waals surface area contributed by atoms with Gasteiger partial charge in [-0.1, -0.05) is 12.1 Å². The van der Waals surface area contributed by atoms with Crippen LogP contribution in [-0.2, 0) is 0 Å². The summed E-state index contributed by atoms with van der Waals surface area (Å²) in [7, 11) is 1.50. The number of hydrogen-bond donors (Lipinski definition) is 2. The van der Waals surface area contributed by atoms with E-state index < -0.39 is 5.97 Å². The summed E-state index contributed by atoms with van der Waals surface area (Å²) in [4.78, 5) is 15.2. The van der Waals surface area contributed by atoms with Crippen LogP contribution >= 0.6 is 0 Å². The van der Waals surface area contributed by atoms with E-state index in [1.807, 2.05) is 0 Å². The summed E-state index contributed by atoms with van der Waals surface area (Å²) in [6, 6.07) is 9.91. The fourth-order valence-electron chi connectivity index (χ4n) is 2.09. The first-order valence-corrected chi connectivity index (χ1v) is 6.60. The molecule has 3 rings (SSSR count). The average molecular weight is 312 g/mol. The van der Waals surface area contributed by atoms with Gasteiger partial charge in [0.2, 0.25) is 0 Å². The number of aromatic nitrogens is 2. The number of ether oxygens (including phenoxy) is 1. The molecule has 116 valence electrons. The molecule has 0 aliphatic heterocycles. The molecule has 0 aliphatic carbocycles. The smallest absolute Gasteiger partial charge is 0.358 e. The highest BCUT2D eigenvalue weighted by Gasteiger charge is 2.20. The van der Waals surface area contributed by atoms with Crippen LogP contribution in [0.15, 0.2) is 52.8 Å². The summed E-state index contributed by atoms with van der Waals surface area (Å²) in [6.07, 6.45) is 1.55. The molecule has 8 heteroatoms. The first-order chi connectivity index (χ1) is 11.1. The van der Waals surface area contributed by atoms with Crippen LogP contribution < -0.4 is 4.74 Å². The molecule has 0 atom stereocenters. The minimum absolute atomic E-state index is 0.00862. The summed E-state index contributed by atoms with van der Waals surface area (Å²) in [5.74, 6) is -0.894. The Morgan fingerprint density at radius 1 is 1.22 bits per heavy atom. The zero-order chi connectivity index (χ0) is 16.4. The number of hydrogen-bond acceptors (Lipinski definition) is 6. The zero-order valence-corrected chi connectivity index (χ0v) is 12.0. The topological polar surface area (TPSA) is 109 Å². The second-order valence-electron chi connectivity index (χ2n) is 4.55. The highest BCUT2D eigenvalue weighted by atomic mass is 16.5. The van der Waals surface area contributed by atoms with Crippen LogP contribution in [0.25, 0.3) is 5.65 Å². The third-order valence-corrected chi connectivity index (χ3v) is 3.14. The molecule has 23 heavy (non-hydrogen) atoms. The number of imidazole rings is 1. The molecule has 0 fully saturated rings. The molecular weight excluding hydrogens is 300 g/mol. The van der Waals surface area contributed by atoms with Gasteiger partial charge in [-0.05, 0) is 24.3 Å². The van der Waals surface area contributed by atoms with Gasteiger partial charge in [0.05, 0.1) is 7.11 Å². The van der Waals surface area contributed by atoms with Crippen molar-refractivity contribution in [2.24, 2.45) is 10.2 Å². The van der Waals surface area contributed by atoms with E-state index in [4.69, 9.17) is 4.74 Å². The molecule has 3 aromatic rings. The van der Waals surface area contributed by atoms with Crippen molar-refractivity contribution in [3.63, 3.8) is 0 Å². The number of aromatic carboxylic acids is 1. The van der Waals surface area contributed by atoms with E-state index in [1.165, 1.54) is 17.6 Å². The van der Waals surface area contributed by atoms with Gasteiger partial charge in [0.1, 0.15) is 11.4 Å². The number of pyridine rings is 1. The number of rotatable bonds is 4. The van der Waals surface area contributed by atoms with Crippen molar-refractivity contribution in [2.75, 3.05) is 7.11 Å². The Morgan fingerprint density at radius 3 is 2.74 bits per heavy atom. The minimum atomic E-state index is -1.26. The summed E-state index contributed by atoms with van der Waals surface area (Å²) in [5.41, 5.74) is 0.241. The largest absolute Gasteiger partial charge is 0.504 e. The van der Waals surface area contributed by atoms with Crippen LogP contribution in [0.5, 0.6) is 11.5 Å². The number of carboxylic acid groups (broad SMARTS) is 1. The van der Waals surface area contributed by atoms with Crippen molar-refractivity contribution in [1.29, 1.82) is 0 Å². The lowest BCUT2D eigenvalue weighted by atomic mass is 10.3. The van der Waals surface area contributed by atoms with Crippen molar-refractivity contribution >= 4 is 23.1 Å². The molecular formula is C15H12N4O4. The number of carbonyl (C=O) groups is 1. The number of para-hydroxylation sites is 1. The molecule has 0 unspecified atom stereocenters. The molecule has 2 heterocycles. The van der Waals surface area contributed by atoms with E-state index in [9.17, 15) is 15.0 Å². The van der Waals surface area contributed by atoms with Gasteiger partial charge in [-0.25, -0.2) is 9.78 Å². The second kappa shape index (κ2) is 5.76. The van der Waals surface area contributed by atoms with Gasteiger partial charge in [-0.15, -0.1) is 10.2 Å². The van der Waals surface area contributed by atoms with E-state index in [0.29, 0.717) is 11.4 Å². The molecule has 2 aromatic heterocycles. The lowest BCUT2D eigenvalue weighted by molar-refractivity contribution is 0.0692. The first-order valence-electron chi connectivity index (χ1n) is 6.60. The predicted molar refractivity (Wildman–Crippen MR) is 81.0 cm³/mol. The van der Waals surface area contributed by atoms with Crippen LogP contribution in [0.2, 0.25) is 0 Å². The summed E-state index contributed by atoms with van der Waals surface area (Å²) in [6.45, 7) is 0. The van der Waals surface area contributed by atoms with Crippen molar-refractivity contribution in [2.45, 2.75) is 0 Å². The third-order valence-electron chi connectivity index (χ3n) is 3.14. The van der Waals surface area contributed by atoms with E-state index in [0.717, 1.165) is 0 Å². The quantitative estimate of drug-likeness (QED) is 0.719. The predicted octanol–water partition coefficient (Wildman–Crippen LogP) is 3.16. The molecule has 0 aliphatic rings. The van der Waals surface area contributed by atoms with Gasteiger partial charge >= 0.3 is 5.97 Å². The Balaban J connectivity index is 2.15. The molecule has 0 saturated heterocycles. The SMILES string of the molecule is COc1ccccc1N=Nc1c(C(=O)O)nc2c(O)cccn12. The monoisotopic (exact) mass is 312 g/mol. The maximum atomic E-state index is 11.4. The fourth-order valence-corrected chi connectivity index (χ4v) is 2.09. The van der Waals surface area contributed by atoms with Gasteiger partial charge in [0, 0.05) is 6.20 Å². The average Bonchev–Trinajstić information content (AvgIpc) is 2.93. The van der Waals surface area contributed by atoms with Crippen LogP contribution in [0, 0.1) is 0 Å². The van der Waals surface area contributed by atoms with Crippen LogP contribution in [0.1, 0.15) is 10.5 Å². The fraction of sp³-hybridized carbons (Fsp3) is 0.0667. The Morgan fingerprint density at radius 2 is 2.00 bits per heavy atom. The summed E-state index contributed by atoms with van der Waals surface area (Å²) >= 11 is 0. The maximum Gasteiger partial charge on any atom is 0.358 e. The molecule has 0 bridgehead atoms. The minimum Gasteiger partial charge on any atom is -0.504 e. The van der Waals surface area contributed by atoms with Crippen LogP contribution in [-0.4, -0.2) is 32.7 Å². The van der Waals surface area contributed by atoms with E-state index >= 15 is 0 Å². The lowest BCUT2D eigenvalue weighted by Gasteiger charge is -2.02. The number of methoxy groups -OCH3 is 1. The van der Waals surface area contributed by atoms with E-state index in [1.54, 1.807) is 36.5 Å². The number of fused-ring (bicyclic) bond motifs is 1. The Kier molecular flexibility index (Phi) is 3.63. The van der Waals surface area contributed by atoms with Gasteiger partial charge in [-0.3, -0.25) is 4.40 Å². The molecule has 2 N–H and O–H groups in total. The van der Waals surface area contributed by atoms with Gasteiger partial charge in [0.25, 0.3) is 0 Å². The van der Waals surface area contributed by atoms with Gasteiger partial charge in [-0.2, -0.15) is 0 Å². The maximum absolute atomic E-state index is 11.4. The normalized spacial score (nSPS) is 11.2. The van der Waals surface area contributed by atoms with E-state index in [-0.39, 0.29) is 22.9 Å². The molecule has 8 nitrogen and oxygen atoms in total. The van der Waals surface area contributed by atoms with Gasteiger partial charge in [0.15, 0.2) is 22.9 Å². The Bertz CT molecular complexity index is 917. The lowest BCUT2D eigenvalue weighted by Crippen LogP contribution is -1.96. The summed E-state index contributed by atoms with van der Waals surface area (Å²) < 4.78 is 6.53. The van der Waals surface area contributed by atoms with E-state index in [2.05, 4.69) is 15.2 Å². The second-order valence-corrected chi connectivity index (χ2v) is 4.55. The number of carboxylic acids is 1. The third kappa shape index (κ3) is 2.57. The van der Waals surface area contributed by atoms with Crippen LogP contribution in [0.4, 0.5) is 11.5 Å². The Labute approximate surface area is 130 Å². The Hall–Kier alpha value is -3.42. The highest BCUT2D eigenvalue weighted by molar-refractivity contribution is 5.92. The van der Waals surface area contributed by atoms with Crippen molar-refractivity contribution in [1.82, 2.24) is 9.38 Å². The molecule has 0 spiro atoms. The number of aromatic hydroxyl groups is 1. The first kappa shape index (κ1) is 14.5. The molecule has 0 saturated carbocycles. The number of benzene rings is 1. The van der Waals surface area contributed by atoms with Crippen molar-refractivity contribution in [3.8, 4) is 11.5 Å². The highest BCUT2D eigenvalue weighted by Crippen LogP contribution is 2.31. The van der Waals surface area contributed by atoms with Crippen LogP contribution in [0.3, 0.4) is 0 Å². The molecule has 1 aromatic carbocycles. The number of nitrogens with zero attached hydrogens (tertiary/aromatic N) is 4. The van der Waals surface area contributed by atoms with Gasteiger partial charge < -0.3 is 14.9 Å². The van der Waals surface area contributed by atoms with Crippen molar-refractivity contribution < 1.29 is 19.7 Å². The standard InChI is InChI=1S/C15H12N4O4/c1-23-11-7-3-2-5-9(11)17-18-14-12(15(21)22)16-13-10(20)6-4-8-19(13)14/h2-8,20H,1H3,(H,21,22). The van der Waals surface area contributed by atoms with Crippen molar-refractivity contribution in [3.05, 3.63) is 48.3 Å². The molecule has 0 radical (unpaired) electrons. The summed E-state index contributed by atoms with van der Waals surface area (Å²) in [5, 5.41) is 27.1. The zero-order valence-electron chi connectivity index (χ0n) is 12.0. The number of azo groups is 1. The molecule has 0 amide bonds.